The van der Waals surface area contributed by atoms with Gasteiger partial charge in [0.05, 0.1) is 0 Å². The lowest BCUT2D eigenvalue weighted by molar-refractivity contribution is 0.0449. The Morgan fingerprint density at radius 3 is 2.00 bits per heavy atom. The maximum Gasteiger partial charge on any atom is 0.0363 e. The molecule has 3 atom stereocenters. The van der Waals surface area contributed by atoms with E-state index in [1.165, 1.54) is 70.9 Å². The number of hydrogen-bond donors (Lipinski definition) is 1. The SMILES string of the molecule is CC1CC(C)CC(C(N)C2(N3CCCC3)CCCC2)C1. The molecule has 2 nitrogen and oxygen atoms in total. The van der Waals surface area contributed by atoms with E-state index in [0.717, 1.165) is 17.8 Å². The Kier molecular flexibility index (Phi) is 4.42. The average molecular weight is 278 g/mol. The van der Waals surface area contributed by atoms with E-state index in [4.69, 9.17) is 5.73 Å². The maximum atomic E-state index is 6.95. The molecule has 1 aliphatic heterocycles. The van der Waals surface area contributed by atoms with Gasteiger partial charge in [0.1, 0.15) is 0 Å². The van der Waals surface area contributed by atoms with E-state index in [2.05, 4.69) is 18.7 Å². The molecule has 116 valence electrons. The van der Waals surface area contributed by atoms with Crippen LogP contribution in [0.25, 0.3) is 0 Å². The summed E-state index contributed by atoms with van der Waals surface area (Å²) in [6.07, 6.45) is 12.5. The van der Waals surface area contributed by atoms with Gasteiger partial charge in [-0.05, 0) is 75.8 Å². The summed E-state index contributed by atoms with van der Waals surface area (Å²) >= 11 is 0. The van der Waals surface area contributed by atoms with Crippen LogP contribution >= 0.6 is 0 Å². The lowest BCUT2D eigenvalue weighted by Crippen LogP contribution is -2.61. The number of likely N-dealkylation sites (tertiary alicyclic amines) is 1. The summed E-state index contributed by atoms with van der Waals surface area (Å²) in [5, 5.41) is 0. The quantitative estimate of drug-likeness (QED) is 0.851. The largest absolute Gasteiger partial charge is 0.326 e. The van der Waals surface area contributed by atoms with Gasteiger partial charge in [0.25, 0.3) is 0 Å². The van der Waals surface area contributed by atoms with Crippen molar-refractivity contribution in [2.75, 3.05) is 13.1 Å². The van der Waals surface area contributed by atoms with Gasteiger partial charge in [-0.15, -0.1) is 0 Å². The zero-order chi connectivity index (χ0) is 14.2. The number of nitrogens with two attached hydrogens (primary N) is 1. The van der Waals surface area contributed by atoms with Crippen molar-refractivity contribution in [3.8, 4) is 0 Å². The summed E-state index contributed by atoms with van der Waals surface area (Å²) in [6.45, 7) is 7.50. The zero-order valence-electron chi connectivity index (χ0n) is 13.6. The molecule has 0 aromatic carbocycles. The van der Waals surface area contributed by atoms with Gasteiger partial charge >= 0.3 is 0 Å². The molecule has 2 aliphatic carbocycles. The molecular formula is C18H34N2. The first-order valence-electron chi connectivity index (χ1n) is 9.12. The monoisotopic (exact) mass is 278 g/mol. The summed E-state index contributed by atoms with van der Waals surface area (Å²) in [7, 11) is 0. The molecule has 0 aromatic rings. The average Bonchev–Trinajstić information content (AvgIpc) is 3.08. The van der Waals surface area contributed by atoms with E-state index >= 15 is 0 Å². The molecule has 0 aromatic heterocycles. The Hall–Kier alpha value is -0.0800. The van der Waals surface area contributed by atoms with Crippen molar-refractivity contribution in [1.82, 2.24) is 4.90 Å². The molecule has 3 aliphatic rings. The van der Waals surface area contributed by atoms with Crippen molar-refractivity contribution < 1.29 is 0 Å². The highest BCUT2D eigenvalue weighted by atomic mass is 15.2. The van der Waals surface area contributed by atoms with Crippen molar-refractivity contribution in [3.05, 3.63) is 0 Å². The summed E-state index contributed by atoms with van der Waals surface area (Å²) in [5.41, 5.74) is 7.32. The summed E-state index contributed by atoms with van der Waals surface area (Å²) < 4.78 is 0. The maximum absolute atomic E-state index is 6.95. The van der Waals surface area contributed by atoms with E-state index in [1.54, 1.807) is 0 Å². The Morgan fingerprint density at radius 1 is 0.900 bits per heavy atom. The fourth-order valence-electron chi connectivity index (χ4n) is 5.75. The van der Waals surface area contributed by atoms with E-state index in [9.17, 15) is 0 Å². The number of rotatable bonds is 3. The fraction of sp³-hybridized carbons (Fsp3) is 1.00. The van der Waals surface area contributed by atoms with Gasteiger partial charge in [0.2, 0.25) is 0 Å². The first-order chi connectivity index (χ1) is 9.62. The van der Waals surface area contributed by atoms with E-state index in [0.29, 0.717) is 11.6 Å². The highest BCUT2D eigenvalue weighted by Gasteiger charge is 2.48. The smallest absolute Gasteiger partial charge is 0.0363 e. The van der Waals surface area contributed by atoms with Crippen LogP contribution in [0.5, 0.6) is 0 Å². The fourth-order valence-corrected chi connectivity index (χ4v) is 5.75. The molecule has 1 saturated heterocycles. The molecular weight excluding hydrogens is 244 g/mol. The Balaban J connectivity index is 1.76. The minimum atomic E-state index is 0.373. The van der Waals surface area contributed by atoms with Crippen LogP contribution in [0.1, 0.15) is 71.6 Å². The van der Waals surface area contributed by atoms with Gasteiger partial charge < -0.3 is 5.73 Å². The van der Waals surface area contributed by atoms with Crippen molar-refractivity contribution in [2.45, 2.75) is 83.2 Å². The van der Waals surface area contributed by atoms with E-state index in [-0.39, 0.29) is 0 Å². The molecule has 20 heavy (non-hydrogen) atoms. The first kappa shape index (κ1) is 14.8. The molecule has 0 bridgehead atoms. The molecule has 2 heteroatoms. The lowest BCUT2D eigenvalue weighted by Gasteiger charge is -2.48. The third-order valence-corrected chi connectivity index (χ3v) is 6.55. The topological polar surface area (TPSA) is 29.3 Å². The molecule has 3 rings (SSSR count). The molecule has 0 radical (unpaired) electrons. The molecule has 1 heterocycles. The van der Waals surface area contributed by atoms with Crippen LogP contribution in [0.15, 0.2) is 0 Å². The van der Waals surface area contributed by atoms with Crippen LogP contribution < -0.4 is 5.73 Å². The van der Waals surface area contributed by atoms with Crippen molar-refractivity contribution in [1.29, 1.82) is 0 Å². The number of nitrogens with zero attached hydrogens (tertiary/aromatic N) is 1. The third kappa shape index (κ3) is 2.66. The van der Waals surface area contributed by atoms with Crippen molar-refractivity contribution in [2.24, 2.45) is 23.5 Å². The molecule has 2 saturated carbocycles. The predicted molar refractivity (Wildman–Crippen MR) is 85.7 cm³/mol. The van der Waals surface area contributed by atoms with Gasteiger partial charge in [-0.25, -0.2) is 0 Å². The van der Waals surface area contributed by atoms with Crippen LogP contribution in [0.3, 0.4) is 0 Å². The Labute approximate surface area is 125 Å². The van der Waals surface area contributed by atoms with Gasteiger partial charge in [-0.2, -0.15) is 0 Å². The van der Waals surface area contributed by atoms with Gasteiger partial charge in [0, 0.05) is 11.6 Å². The second-order valence-electron chi connectivity index (χ2n) is 8.21. The van der Waals surface area contributed by atoms with Crippen LogP contribution in [0.2, 0.25) is 0 Å². The molecule has 0 spiro atoms. The Morgan fingerprint density at radius 2 is 1.45 bits per heavy atom. The van der Waals surface area contributed by atoms with E-state index in [1.807, 2.05) is 0 Å². The van der Waals surface area contributed by atoms with Crippen LogP contribution in [0, 0.1) is 17.8 Å². The summed E-state index contributed by atoms with van der Waals surface area (Å²) in [4.78, 5) is 2.80. The predicted octanol–water partition coefficient (Wildman–Crippen LogP) is 3.79. The van der Waals surface area contributed by atoms with Crippen molar-refractivity contribution in [3.63, 3.8) is 0 Å². The molecule has 3 unspecified atom stereocenters. The normalized spacial score (nSPS) is 40.0. The standard InChI is InChI=1S/C18H34N2/c1-14-11-15(2)13-16(12-14)17(19)18(7-3-4-8-18)20-9-5-6-10-20/h14-17H,3-13,19H2,1-2H3. The highest BCUT2D eigenvalue weighted by molar-refractivity contribution is 5.06. The van der Waals surface area contributed by atoms with Gasteiger partial charge in [-0.3, -0.25) is 4.90 Å². The minimum Gasteiger partial charge on any atom is -0.326 e. The molecule has 0 amide bonds. The summed E-state index contributed by atoms with van der Waals surface area (Å²) in [6, 6.07) is 0.424. The third-order valence-electron chi connectivity index (χ3n) is 6.55. The highest BCUT2D eigenvalue weighted by Crippen LogP contribution is 2.45. The molecule has 2 N–H and O–H groups in total. The van der Waals surface area contributed by atoms with Crippen LogP contribution in [-0.2, 0) is 0 Å². The van der Waals surface area contributed by atoms with Gasteiger partial charge in [0.15, 0.2) is 0 Å². The second-order valence-corrected chi connectivity index (χ2v) is 8.21. The summed E-state index contributed by atoms with van der Waals surface area (Å²) in [5.74, 6) is 2.53. The molecule has 3 fully saturated rings. The van der Waals surface area contributed by atoms with Crippen LogP contribution in [-0.4, -0.2) is 29.6 Å². The second kappa shape index (κ2) is 5.96. The first-order valence-corrected chi connectivity index (χ1v) is 9.12. The van der Waals surface area contributed by atoms with E-state index < -0.39 is 0 Å². The lowest BCUT2D eigenvalue weighted by atomic mass is 9.68. The number of hydrogen-bond acceptors (Lipinski definition) is 2. The Bertz CT molecular complexity index is 305. The van der Waals surface area contributed by atoms with Gasteiger partial charge in [-0.1, -0.05) is 26.7 Å². The van der Waals surface area contributed by atoms with Crippen molar-refractivity contribution >= 4 is 0 Å². The van der Waals surface area contributed by atoms with Crippen LogP contribution in [0.4, 0.5) is 0 Å². The zero-order valence-corrected chi connectivity index (χ0v) is 13.6. The minimum absolute atomic E-state index is 0.373.